The van der Waals surface area contributed by atoms with Crippen LogP contribution >= 0.6 is 0 Å². The van der Waals surface area contributed by atoms with Crippen LogP contribution in [0.4, 0.5) is 0 Å². The van der Waals surface area contributed by atoms with E-state index in [0.717, 1.165) is 30.2 Å². The van der Waals surface area contributed by atoms with Crippen molar-refractivity contribution >= 4 is 5.65 Å². The van der Waals surface area contributed by atoms with Gasteiger partial charge in [-0.3, -0.25) is 0 Å². The molecule has 5 nitrogen and oxygen atoms in total. The second-order valence-electron chi connectivity index (χ2n) is 5.51. The van der Waals surface area contributed by atoms with Gasteiger partial charge in [0.1, 0.15) is 5.75 Å². The molecule has 3 heterocycles. The summed E-state index contributed by atoms with van der Waals surface area (Å²) in [5.41, 5.74) is 0.893. The number of rotatable bonds is 4. The molecule has 0 bridgehead atoms. The molecule has 0 aromatic carbocycles. The summed E-state index contributed by atoms with van der Waals surface area (Å²) >= 11 is 0. The third-order valence-electron chi connectivity index (χ3n) is 4.10. The molecule has 1 aliphatic heterocycles. The number of methoxy groups -OCH3 is 1. The summed E-state index contributed by atoms with van der Waals surface area (Å²) in [7, 11) is 1.67. The molecule has 1 saturated heterocycles. The van der Waals surface area contributed by atoms with Crippen LogP contribution in [0.25, 0.3) is 5.65 Å². The van der Waals surface area contributed by atoms with Crippen molar-refractivity contribution in [3.8, 4) is 5.75 Å². The first-order valence-electron chi connectivity index (χ1n) is 7.40. The Kier molecular flexibility index (Phi) is 3.87. The first-order valence-corrected chi connectivity index (χ1v) is 7.40. The number of likely N-dealkylation sites (tertiary alicyclic amines) is 1. The van der Waals surface area contributed by atoms with Crippen molar-refractivity contribution < 1.29 is 4.74 Å². The summed E-state index contributed by atoms with van der Waals surface area (Å²) in [4.78, 5) is 7.13. The predicted molar refractivity (Wildman–Crippen MR) is 78.1 cm³/mol. The maximum Gasteiger partial charge on any atom is 0.155 e. The third kappa shape index (κ3) is 2.77. The van der Waals surface area contributed by atoms with E-state index in [0.29, 0.717) is 5.92 Å². The molecule has 5 heteroatoms. The highest BCUT2D eigenvalue weighted by Crippen LogP contribution is 2.20. The van der Waals surface area contributed by atoms with Crippen molar-refractivity contribution in [3.05, 3.63) is 24.2 Å². The normalized spacial score (nSPS) is 20.4. The molecule has 2 aromatic rings. The summed E-state index contributed by atoms with van der Waals surface area (Å²) in [6.07, 6.45) is 5.43. The number of hydrogen-bond donors (Lipinski definition) is 0. The van der Waals surface area contributed by atoms with Crippen molar-refractivity contribution in [1.29, 1.82) is 0 Å². The number of piperidine rings is 1. The molecule has 108 valence electrons. The fraction of sp³-hybridized carbons (Fsp3) is 0.600. The van der Waals surface area contributed by atoms with E-state index in [-0.39, 0.29) is 0 Å². The van der Waals surface area contributed by atoms with Crippen molar-refractivity contribution in [3.63, 3.8) is 0 Å². The summed E-state index contributed by atoms with van der Waals surface area (Å²) in [5, 5.41) is 4.57. The van der Waals surface area contributed by atoms with Gasteiger partial charge in [-0.05, 0) is 44.0 Å². The Balaban J connectivity index is 1.74. The van der Waals surface area contributed by atoms with Gasteiger partial charge in [-0.15, -0.1) is 0 Å². The third-order valence-corrected chi connectivity index (χ3v) is 4.10. The highest BCUT2D eigenvalue weighted by molar-refractivity contribution is 5.40. The Morgan fingerprint density at radius 2 is 2.30 bits per heavy atom. The molecule has 2 aromatic heterocycles. The Hall–Kier alpha value is -1.62. The number of aromatic nitrogens is 3. The van der Waals surface area contributed by atoms with Crippen LogP contribution in [0.15, 0.2) is 18.3 Å². The molecule has 1 unspecified atom stereocenters. The van der Waals surface area contributed by atoms with E-state index < -0.39 is 0 Å². The molecule has 1 aliphatic rings. The van der Waals surface area contributed by atoms with Gasteiger partial charge in [0.2, 0.25) is 0 Å². The van der Waals surface area contributed by atoms with Crippen molar-refractivity contribution in [2.24, 2.45) is 5.92 Å². The zero-order valence-corrected chi connectivity index (χ0v) is 12.2. The number of hydrogen-bond acceptors (Lipinski definition) is 4. The number of nitrogens with zero attached hydrogens (tertiary/aromatic N) is 4. The maximum absolute atomic E-state index is 5.21. The lowest BCUT2D eigenvalue weighted by Gasteiger charge is -2.31. The summed E-state index contributed by atoms with van der Waals surface area (Å²) in [6, 6.07) is 3.88. The Bertz CT molecular complexity index is 580. The molecule has 20 heavy (non-hydrogen) atoms. The topological polar surface area (TPSA) is 42.7 Å². The van der Waals surface area contributed by atoms with Crippen molar-refractivity contribution in [2.45, 2.75) is 26.2 Å². The summed E-state index contributed by atoms with van der Waals surface area (Å²) in [5.74, 6) is 2.44. The molecule has 1 fully saturated rings. The lowest BCUT2D eigenvalue weighted by atomic mass is 9.94. The van der Waals surface area contributed by atoms with E-state index in [2.05, 4.69) is 21.9 Å². The van der Waals surface area contributed by atoms with Crippen LogP contribution in [0, 0.1) is 5.92 Å². The van der Waals surface area contributed by atoms with E-state index >= 15 is 0 Å². The van der Waals surface area contributed by atoms with Gasteiger partial charge in [-0.25, -0.2) is 9.50 Å². The zero-order valence-electron chi connectivity index (χ0n) is 12.2. The van der Waals surface area contributed by atoms with E-state index in [9.17, 15) is 0 Å². The molecular formula is C15H22N4O. The van der Waals surface area contributed by atoms with Gasteiger partial charge in [-0.2, -0.15) is 5.10 Å². The maximum atomic E-state index is 5.21. The molecule has 0 aliphatic carbocycles. The van der Waals surface area contributed by atoms with Gasteiger partial charge in [-0.1, -0.05) is 6.92 Å². The lowest BCUT2D eigenvalue weighted by molar-refractivity contribution is 0.181. The minimum Gasteiger partial charge on any atom is -0.495 e. The van der Waals surface area contributed by atoms with Crippen LogP contribution in [0.2, 0.25) is 0 Å². The molecule has 0 amide bonds. The largest absolute Gasteiger partial charge is 0.495 e. The zero-order chi connectivity index (χ0) is 13.9. The predicted octanol–water partition coefficient (Wildman–Crippen LogP) is 2.01. The van der Waals surface area contributed by atoms with Crippen LogP contribution in [-0.4, -0.2) is 46.2 Å². The Morgan fingerprint density at radius 3 is 3.10 bits per heavy atom. The highest BCUT2D eigenvalue weighted by atomic mass is 16.5. The van der Waals surface area contributed by atoms with E-state index in [1.54, 1.807) is 7.11 Å². The van der Waals surface area contributed by atoms with Crippen molar-refractivity contribution in [2.75, 3.05) is 26.7 Å². The number of fused-ring (bicyclic) bond motifs is 1. The summed E-state index contributed by atoms with van der Waals surface area (Å²) < 4.78 is 7.03. The molecule has 1 atom stereocenters. The first-order chi connectivity index (χ1) is 9.78. The van der Waals surface area contributed by atoms with Crippen molar-refractivity contribution in [1.82, 2.24) is 19.5 Å². The average molecular weight is 274 g/mol. The minimum atomic E-state index is 0.683. The van der Waals surface area contributed by atoms with E-state index in [1.807, 2.05) is 22.8 Å². The van der Waals surface area contributed by atoms with Crippen LogP contribution in [-0.2, 0) is 6.42 Å². The SMILES string of the molecule is CCN1CCCC(Cc2nc3ccc(OC)cn3n2)C1. The fourth-order valence-electron chi connectivity index (χ4n) is 2.98. The van der Waals surface area contributed by atoms with Crippen LogP contribution in [0.1, 0.15) is 25.6 Å². The molecule has 0 spiro atoms. The molecule has 0 N–H and O–H groups in total. The number of ether oxygens (including phenoxy) is 1. The monoisotopic (exact) mass is 274 g/mol. The smallest absolute Gasteiger partial charge is 0.155 e. The van der Waals surface area contributed by atoms with Crippen LogP contribution in [0.3, 0.4) is 0 Å². The Morgan fingerprint density at radius 1 is 1.40 bits per heavy atom. The Labute approximate surface area is 119 Å². The average Bonchev–Trinajstić information content (AvgIpc) is 2.88. The van der Waals surface area contributed by atoms with Crippen LogP contribution in [0.5, 0.6) is 5.75 Å². The van der Waals surface area contributed by atoms with E-state index in [1.165, 1.54) is 25.9 Å². The van der Waals surface area contributed by atoms with Gasteiger partial charge < -0.3 is 9.64 Å². The second-order valence-corrected chi connectivity index (χ2v) is 5.51. The lowest BCUT2D eigenvalue weighted by Crippen LogP contribution is -2.36. The molecular weight excluding hydrogens is 252 g/mol. The molecule has 3 rings (SSSR count). The van der Waals surface area contributed by atoms with E-state index in [4.69, 9.17) is 4.74 Å². The molecule has 0 radical (unpaired) electrons. The summed E-state index contributed by atoms with van der Waals surface area (Å²) in [6.45, 7) is 5.79. The van der Waals surface area contributed by atoms with Gasteiger partial charge in [0.25, 0.3) is 0 Å². The second kappa shape index (κ2) is 5.79. The number of pyridine rings is 1. The van der Waals surface area contributed by atoms with Gasteiger partial charge in [0.15, 0.2) is 11.5 Å². The van der Waals surface area contributed by atoms with Crippen LogP contribution < -0.4 is 4.74 Å². The van der Waals surface area contributed by atoms with Gasteiger partial charge in [0, 0.05) is 13.0 Å². The fourth-order valence-corrected chi connectivity index (χ4v) is 2.98. The van der Waals surface area contributed by atoms with Gasteiger partial charge in [0.05, 0.1) is 13.3 Å². The standard InChI is InChI=1S/C15H22N4O/c1-3-18-8-4-5-12(10-18)9-14-16-15-7-6-13(20-2)11-19(15)17-14/h6-7,11-12H,3-5,8-10H2,1-2H3. The van der Waals surface area contributed by atoms with Gasteiger partial charge >= 0.3 is 0 Å². The molecule has 0 saturated carbocycles. The highest BCUT2D eigenvalue weighted by Gasteiger charge is 2.20. The minimum absolute atomic E-state index is 0.683. The quantitative estimate of drug-likeness (QED) is 0.855. The first kappa shape index (κ1) is 13.4.